The first-order chi connectivity index (χ1) is 8.54. The van der Waals surface area contributed by atoms with Crippen LogP contribution in [-0.2, 0) is 0 Å². The molecule has 1 atom stereocenters. The number of rotatable bonds is 7. The summed E-state index contributed by atoms with van der Waals surface area (Å²) < 4.78 is 0. The number of aryl methyl sites for hydroxylation is 1. The van der Waals surface area contributed by atoms with Crippen molar-refractivity contribution >= 4 is 11.6 Å². The van der Waals surface area contributed by atoms with Crippen LogP contribution in [0.15, 0.2) is 0 Å². The van der Waals surface area contributed by atoms with Crippen LogP contribution in [0.25, 0.3) is 0 Å². The van der Waals surface area contributed by atoms with E-state index in [1.165, 1.54) is 0 Å². The minimum Gasteiger partial charge on any atom is -0.393 e. The van der Waals surface area contributed by atoms with Crippen LogP contribution in [0.1, 0.15) is 38.1 Å². The zero-order valence-corrected chi connectivity index (χ0v) is 11.7. The van der Waals surface area contributed by atoms with Crippen molar-refractivity contribution in [3.63, 3.8) is 0 Å². The molecule has 0 aliphatic heterocycles. The summed E-state index contributed by atoms with van der Waals surface area (Å²) >= 11 is 0. The average Bonchev–Trinajstić information content (AvgIpc) is 2.30. The number of nitrogens with zero attached hydrogens (tertiary/aromatic N) is 2. The third-order valence-electron chi connectivity index (χ3n) is 2.69. The molecule has 0 aliphatic carbocycles. The molecule has 0 aromatic carbocycles. The summed E-state index contributed by atoms with van der Waals surface area (Å²) in [5.41, 5.74) is 1.04. The highest BCUT2D eigenvalue weighted by atomic mass is 16.3. The van der Waals surface area contributed by atoms with Gasteiger partial charge in [-0.2, -0.15) is 0 Å². The van der Waals surface area contributed by atoms with Gasteiger partial charge in [-0.05, 0) is 40.5 Å². The van der Waals surface area contributed by atoms with Gasteiger partial charge in [0.25, 0.3) is 0 Å². The Balaban J connectivity index is 2.64. The molecule has 0 saturated heterocycles. The Morgan fingerprint density at radius 2 is 1.78 bits per heavy atom. The molecule has 102 valence electrons. The first-order valence-corrected chi connectivity index (χ1v) is 6.55. The van der Waals surface area contributed by atoms with Gasteiger partial charge in [-0.25, -0.2) is 9.97 Å². The van der Waals surface area contributed by atoms with Crippen LogP contribution < -0.4 is 10.6 Å². The lowest BCUT2D eigenvalue weighted by Crippen LogP contribution is -2.12. The molecule has 0 saturated carbocycles. The first-order valence-electron chi connectivity index (χ1n) is 6.55. The average molecular weight is 252 g/mol. The van der Waals surface area contributed by atoms with Crippen molar-refractivity contribution in [1.29, 1.82) is 0 Å². The van der Waals surface area contributed by atoms with Gasteiger partial charge in [0.1, 0.15) is 17.5 Å². The van der Waals surface area contributed by atoms with Crippen LogP contribution in [0.4, 0.5) is 11.6 Å². The van der Waals surface area contributed by atoms with E-state index in [-0.39, 0.29) is 6.10 Å². The highest BCUT2D eigenvalue weighted by Gasteiger charge is 2.08. The topological polar surface area (TPSA) is 70.1 Å². The second-order valence-electron chi connectivity index (χ2n) is 4.54. The Kier molecular flexibility index (Phi) is 5.85. The van der Waals surface area contributed by atoms with Gasteiger partial charge in [-0.15, -0.1) is 0 Å². The molecule has 0 aliphatic rings. The number of anilines is 2. The molecule has 0 spiro atoms. The predicted molar refractivity (Wildman–Crippen MR) is 75.1 cm³/mol. The second-order valence-corrected chi connectivity index (χ2v) is 4.54. The van der Waals surface area contributed by atoms with Gasteiger partial charge in [0, 0.05) is 18.7 Å². The highest BCUT2D eigenvalue weighted by molar-refractivity contribution is 5.57. The summed E-state index contributed by atoms with van der Waals surface area (Å²) in [5, 5.41) is 15.7. The van der Waals surface area contributed by atoms with Crippen LogP contribution >= 0.6 is 0 Å². The standard InChI is InChI=1S/C13H24N4O/c1-5-14-12-10(3)13(17-11(4)16-12)15-8-6-7-9(2)18/h9,18H,5-8H2,1-4H3,(H2,14,15,16,17). The summed E-state index contributed by atoms with van der Waals surface area (Å²) in [7, 11) is 0. The number of hydrogen-bond acceptors (Lipinski definition) is 5. The van der Waals surface area contributed by atoms with Gasteiger partial charge >= 0.3 is 0 Å². The molecule has 1 aromatic heterocycles. The van der Waals surface area contributed by atoms with Crippen molar-refractivity contribution in [1.82, 2.24) is 9.97 Å². The first kappa shape index (κ1) is 14.7. The minimum absolute atomic E-state index is 0.239. The van der Waals surface area contributed by atoms with Crippen molar-refractivity contribution in [3.05, 3.63) is 11.4 Å². The van der Waals surface area contributed by atoms with E-state index in [1.807, 2.05) is 27.7 Å². The third-order valence-corrected chi connectivity index (χ3v) is 2.69. The Morgan fingerprint density at radius 3 is 2.33 bits per heavy atom. The largest absolute Gasteiger partial charge is 0.393 e. The van der Waals surface area contributed by atoms with Gasteiger partial charge in [-0.3, -0.25) is 0 Å². The van der Waals surface area contributed by atoms with Crippen molar-refractivity contribution < 1.29 is 5.11 Å². The highest BCUT2D eigenvalue weighted by Crippen LogP contribution is 2.19. The number of aromatic nitrogens is 2. The SMILES string of the molecule is CCNc1nc(C)nc(NCCCC(C)O)c1C. The molecule has 1 rings (SSSR count). The maximum absolute atomic E-state index is 9.20. The zero-order chi connectivity index (χ0) is 13.5. The fourth-order valence-corrected chi connectivity index (χ4v) is 1.74. The van der Waals surface area contributed by atoms with E-state index in [2.05, 4.69) is 20.6 Å². The summed E-state index contributed by atoms with van der Waals surface area (Å²) in [6, 6.07) is 0. The smallest absolute Gasteiger partial charge is 0.134 e. The summed E-state index contributed by atoms with van der Waals surface area (Å²) in [5.74, 6) is 2.53. The summed E-state index contributed by atoms with van der Waals surface area (Å²) in [6.45, 7) is 9.41. The van der Waals surface area contributed by atoms with Gasteiger partial charge in [0.15, 0.2) is 0 Å². The molecule has 5 heteroatoms. The summed E-state index contributed by atoms with van der Waals surface area (Å²) in [6.07, 6.45) is 1.49. The predicted octanol–water partition coefficient (Wildman–Crippen LogP) is 2.10. The molecule has 18 heavy (non-hydrogen) atoms. The second kappa shape index (κ2) is 7.16. The maximum Gasteiger partial charge on any atom is 0.134 e. The van der Waals surface area contributed by atoms with Crippen LogP contribution in [0.3, 0.4) is 0 Å². The quantitative estimate of drug-likeness (QED) is 0.648. The number of hydrogen-bond donors (Lipinski definition) is 3. The van der Waals surface area contributed by atoms with Crippen molar-refractivity contribution in [3.8, 4) is 0 Å². The molecular formula is C13H24N4O. The van der Waals surface area contributed by atoms with E-state index in [0.29, 0.717) is 0 Å². The Bertz CT molecular complexity index is 379. The van der Waals surface area contributed by atoms with Crippen molar-refractivity contribution in [2.75, 3.05) is 23.7 Å². The molecule has 0 amide bonds. The lowest BCUT2D eigenvalue weighted by atomic mass is 10.2. The molecule has 1 aromatic rings. The van der Waals surface area contributed by atoms with Crippen molar-refractivity contribution in [2.45, 2.75) is 46.6 Å². The molecular weight excluding hydrogens is 228 g/mol. The van der Waals surface area contributed by atoms with E-state index in [0.717, 1.165) is 49.0 Å². The monoisotopic (exact) mass is 252 g/mol. The Labute approximate surface area is 109 Å². The van der Waals surface area contributed by atoms with Crippen LogP contribution in [-0.4, -0.2) is 34.3 Å². The number of aliphatic hydroxyl groups is 1. The molecule has 0 radical (unpaired) electrons. The van der Waals surface area contributed by atoms with Gasteiger partial charge in [0.2, 0.25) is 0 Å². The number of aliphatic hydroxyl groups excluding tert-OH is 1. The van der Waals surface area contributed by atoms with E-state index in [9.17, 15) is 5.11 Å². The summed E-state index contributed by atoms with van der Waals surface area (Å²) in [4.78, 5) is 8.78. The van der Waals surface area contributed by atoms with E-state index < -0.39 is 0 Å². The fraction of sp³-hybridized carbons (Fsp3) is 0.692. The van der Waals surface area contributed by atoms with Gasteiger partial charge < -0.3 is 15.7 Å². The van der Waals surface area contributed by atoms with E-state index in [4.69, 9.17) is 0 Å². The van der Waals surface area contributed by atoms with Gasteiger partial charge in [0.05, 0.1) is 6.10 Å². The fourth-order valence-electron chi connectivity index (χ4n) is 1.74. The zero-order valence-electron chi connectivity index (χ0n) is 11.7. The number of nitrogens with one attached hydrogen (secondary N) is 2. The molecule has 5 nitrogen and oxygen atoms in total. The Morgan fingerprint density at radius 1 is 1.17 bits per heavy atom. The molecule has 1 heterocycles. The molecule has 3 N–H and O–H groups in total. The minimum atomic E-state index is -0.239. The molecule has 0 fully saturated rings. The Hall–Kier alpha value is -1.36. The molecule has 1 unspecified atom stereocenters. The van der Waals surface area contributed by atoms with Crippen LogP contribution in [0.2, 0.25) is 0 Å². The lowest BCUT2D eigenvalue weighted by Gasteiger charge is -2.13. The van der Waals surface area contributed by atoms with E-state index in [1.54, 1.807) is 0 Å². The van der Waals surface area contributed by atoms with Gasteiger partial charge in [-0.1, -0.05) is 0 Å². The van der Waals surface area contributed by atoms with E-state index >= 15 is 0 Å². The van der Waals surface area contributed by atoms with Crippen molar-refractivity contribution in [2.24, 2.45) is 0 Å². The third kappa shape index (κ3) is 4.49. The van der Waals surface area contributed by atoms with Crippen LogP contribution in [0.5, 0.6) is 0 Å². The maximum atomic E-state index is 9.20. The lowest BCUT2D eigenvalue weighted by molar-refractivity contribution is 0.183. The van der Waals surface area contributed by atoms with Crippen LogP contribution in [0, 0.1) is 13.8 Å². The molecule has 0 bridgehead atoms. The normalized spacial score (nSPS) is 12.3.